The van der Waals surface area contributed by atoms with Crippen LogP contribution in [0.15, 0.2) is 45.0 Å². The number of halogens is 1. The maximum atomic E-state index is 13.0. The van der Waals surface area contributed by atoms with Crippen LogP contribution < -0.4 is 0 Å². The molecule has 2 atom stereocenters. The summed E-state index contributed by atoms with van der Waals surface area (Å²) in [4.78, 5) is 32.0. The molecule has 0 N–H and O–H groups in total. The zero-order valence-electron chi connectivity index (χ0n) is 15.2. The number of aliphatic imine (C=N–C) groups is 1. The summed E-state index contributed by atoms with van der Waals surface area (Å²) in [5, 5.41) is 0.488. The lowest BCUT2D eigenvalue weighted by Crippen LogP contribution is -2.41. The molecule has 5 nitrogen and oxygen atoms in total. The molecule has 2 aliphatic heterocycles. The molecule has 1 fully saturated rings. The number of carbonyl (C=O) groups excluding carboxylic acids is 2. The number of nitrogens with zero attached hydrogens (tertiary/aromatic N) is 2. The molecule has 2 aliphatic rings. The SMILES string of the molecule is CCC1SC2=NC(C)=C(C(=O)OC(C)C)C(c3cccc(Br)c3)N2C1=O. The monoisotopic (exact) mass is 436 g/mol. The zero-order valence-corrected chi connectivity index (χ0v) is 17.6. The lowest BCUT2D eigenvalue weighted by atomic mass is 9.94. The fourth-order valence-corrected chi connectivity index (χ4v) is 4.67. The van der Waals surface area contributed by atoms with Crippen molar-refractivity contribution in [2.75, 3.05) is 0 Å². The van der Waals surface area contributed by atoms with Gasteiger partial charge >= 0.3 is 5.97 Å². The molecule has 1 aromatic rings. The lowest BCUT2D eigenvalue weighted by molar-refractivity contribution is -0.143. The van der Waals surface area contributed by atoms with Crippen LogP contribution in [0.5, 0.6) is 0 Å². The van der Waals surface area contributed by atoms with Crippen LogP contribution in [0.1, 0.15) is 45.7 Å². The van der Waals surface area contributed by atoms with Gasteiger partial charge in [0.1, 0.15) is 0 Å². The molecule has 1 amide bonds. The Morgan fingerprint density at radius 3 is 2.77 bits per heavy atom. The van der Waals surface area contributed by atoms with Crippen LogP contribution >= 0.6 is 27.7 Å². The maximum Gasteiger partial charge on any atom is 0.338 e. The normalized spacial score (nSPS) is 22.6. The van der Waals surface area contributed by atoms with Gasteiger partial charge in [0, 0.05) is 4.47 Å². The number of benzene rings is 1. The summed E-state index contributed by atoms with van der Waals surface area (Å²) < 4.78 is 6.34. The van der Waals surface area contributed by atoms with Gasteiger partial charge in [-0.05, 0) is 44.9 Å². The van der Waals surface area contributed by atoms with E-state index in [4.69, 9.17) is 4.74 Å². The number of rotatable bonds is 4. The van der Waals surface area contributed by atoms with Crippen LogP contribution in [0.4, 0.5) is 0 Å². The van der Waals surface area contributed by atoms with Crippen molar-refractivity contribution in [3.05, 3.63) is 45.6 Å². The van der Waals surface area contributed by atoms with E-state index in [1.54, 1.807) is 11.8 Å². The van der Waals surface area contributed by atoms with Crippen LogP contribution in [0.3, 0.4) is 0 Å². The molecule has 0 spiro atoms. The molecule has 3 rings (SSSR count). The van der Waals surface area contributed by atoms with E-state index in [-0.39, 0.29) is 17.3 Å². The zero-order chi connectivity index (χ0) is 19.0. The summed E-state index contributed by atoms with van der Waals surface area (Å²) in [7, 11) is 0. The van der Waals surface area contributed by atoms with E-state index >= 15 is 0 Å². The number of hydrogen-bond acceptors (Lipinski definition) is 5. The molecule has 2 unspecified atom stereocenters. The van der Waals surface area contributed by atoms with E-state index in [1.807, 2.05) is 45.0 Å². The first-order valence-electron chi connectivity index (χ1n) is 8.59. The summed E-state index contributed by atoms with van der Waals surface area (Å²) >= 11 is 4.95. The predicted molar refractivity (Wildman–Crippen MR) is 107 cm³/mol. The first-order valence-corrected chi connectivity index (χ1v) is 10.3. The van der Waals surface area contributed by atoms with E-state index in [1.165, 1.54) is 11.8 Å². The van der Waals surface area contributed by atoms with E-state index in [0.717, 1.165) is 16.5 Å². The number of allylic oxidation sites excluding steroid dienone is 1. The second kappa shape index (κ2) is 7.56. The summed E-state index contributed by atoms with van der Waals surface area (Å²) in [5.41, 5.74) is 1.88. The number of ether oxygens (including phenoxy) is 1. The number of carbonyl (C=O) groups is 2. The molecule has 1 saturated heterocycles. The van der Waals surface area contributed by atoms with Gasteiger partial charge in [0.05, 0.1) is 28.7 Å². The Balaban J connectivity index is 2.13. The molecule has 2 heterocycles. The van der Waals surface area contributed by atoms with Gasteiger partial charge < -0.3 is 4.74 Å². The summed E-state index contributed by atoms with van der Waals surface area (Å²) in [6.45, 7) is 7.40. The van der Waals surface area contributed by atoms with Gasteiger partial charge in [0.15, 0.2) is 5.17 Å². The number of esters is 1. The van der Waals surface area contributed by atoms with Crippen molar-refractivity contribution < 1.29 is 14.3 Å². The molecule has 7 heteroatoms. The first kappa shape index (κ1) is 19.2. The minimum Gasteiger partial charge on any atom is -0.459 e. The fraction of sp³-hybridized carbons (Fsp3) is 0.421. The third kappa shape index (κ3) is 3.47. The average Bonchev–Trinajstić information content (AvgIpc) is 2.88. The van der Waals surface area contributed by atoms with Crippen LogP contribution in [0.2, 0.25) is 0 Å². The van der Waals surface area contributed by atoms with Gasteiger partial charge in [0.25, 0.3) is 0 Å². The van der Waals surface area contributed by atoms with E-state index in [0.29, 0.717) is 16.4 Å². The molecule has 0 aromatic heterocycles. The Labute approximate surface area is 166 Å². The highest BCUT2D eigenvalue weighted by molar-refractivity contribution is 9.10. The van der Waals surface area contributed by atoms with Gasteiger partial charge in [0.2, 0.25) is 5.91 Å². The topological polar surface area (TPSA) is 59.0 Å². The highest BCUT2D eigenvalue weighted by atomic mass is 79.9. The Morgan fingerprint density at radius 1 is 1.42 bits per heavy atom. The van der Waals surface area contributed by atoms with Crippen LogP contribution in [0, 0.1) is 0 Å². The average molecular weight is 437 g/mol. The second-order valence-corrected chi connectivity index (χ2v) is 8.61. The Hall–Kier alpha value is -1.60. The minimum absolute atomic E-state index is 0.0106. The van der Waals surface area contributed by atoms with E-state index in [2.05, 4.69) is 20.9 Å². The van der Waals surface area contributed by atoms with Crippen molar-refractivity contribution in [1.29, 1.82) is 0 Å². The molecule has 26 heavy (non-hydrogen) atoms. The highest BCUT2D eigenvalue weighted by Gasteiger charge is 2.47. The smallest absolute Gasteiger partial charge is 0.338 e. The molecule has 0 bridgehead atoms. The standard InChI is InChI=1S/C19H21BrN2O3S/c1-5-14-17(23)22-16(12-7-6-8-13(20)9-12)15(18(24)25-10(2)3)11(4)21-19(22)26-14/h6-10,14,16H,5H2,1-4H3. The van der Waals surface area contributed by atoms with Gasteiger partial charge in [-0.3, -0.25) is 9.69 Å². The number of amides is 1. The molecule has 0 radical (unpaired) electrons. The van der Waals surface area contributed by atoms with E-state index in [9.17, 15) is 9.59 Å². The molecule has 1 aromatic carbocycles. The van der Waals surface area contributed by atoms with Gasteiger partial charge in [-0.25, -0.2) is 9.79 Å². The highest BCUT2D eigenvalue weighted by Crippen LogP contribution is 2.44. The molecule has 0 saturated carbocycles. The summed E-state index contributed by atoms with van der Waals surface area (Å²) in [6, 6.07) is 7.14. The number of amidine groups is 1. The Kier molecular flexibility index (Phi) is 5.58. The fourth-order valence-electron chi connectivity index (χ4n) is 3.12. The van der Waals surface area contributed by atoms with Crippen molar-refractivity contribution in [1.82, 2.24) is 4.90 Å². The van der Waals surface area contributed by atoms with Crippen LogP contribution in [0.25, 0.3) is 0 Å². The predicted octanol–water partition coefficient (Wildman–Crippen LogP) is 4.44. The Morgan fingerprint density at radius 2 is 2.15 bits per heavy atom. The second-order valence-electron chi connectivity index (χ2n) is 6.53. The number of thioether (sulfide) groups is 1. The molecule has 0 aliphatic carbocycles. The largest absolute Gasteiger partial charge is 0.459 e. The Bertz CT molecular complexity index is 819. The van der Waals surface area contributed by atoms with Gasteiger partial charge in [-0.1, -0.05) is 46.7 Å². The van der Waals surface area contributed by atoms with Crippen LogP contribution in [-0.2, 0) is 14.3 Å². The van der Waals surface area contributed by atoms with Crippen molar-refractivity contribution in [2.45, 2.75) is 51.5 Å². The maximum absolute atomic E-state index is 13.0. The van der Waals surface area contributed by atoms with Gasteiger partial charge in [-0.15, -0.1) is 0 Å². The first-order chi connectivity index (χ1) is 12.3. The van der Waals surface area contributed by atoms with Crippen molar-refractivity contribution in [3.63, 3.8) is 0 Å². The van der Waals surface area contributed by atoms with E-state index < -0.39 is 12.0 Å². The third-order valence-electron chi connectivity index (χ3n) is 4.25. The summed E-state index contributed by atoms with van der Waals surface area (Å²) in [6.07, 6.45) is 0.470. The molecular weight excluding hydrogens is 416 g/mol. The number of fused-ring (bicyclic) bond motifs is 1. The summed E-state index contributed by atoms with van der Waals surface area (Å²) in [5.74, 6) is -0.438. The van der Waals surface area contributed by atoms with Crippen molar-refractivity contribution in [2.24, 2.45) is 4.99 Å². The van der Waals surface area contributed by atoms with Crippen molar-refractivity contribution in [3.8, 4) is 0 Å². The van der Waals surface area contributed by atoms with Gasteiger partial charge in [-0.2, -0.15) is 0 Å². The minimum atomic E-state index is -0.525. The van der Waals surface area contributed by atoms with Crippen LogP contribution in [-0.4, -0.2) is 33.3 Å². The number of hydrogen-bond donors (Lipinski definition) is 0. The third-order valence-corrected chi connectivity index (χ3v) is 6.06. The lowest BCUT2D eigenvalue weighted by Gasteiger charge is -2.33. The molecule has 138 valence electrons. The quantitative estimate of drug-likeness (QED) is 0.654. The molecular formula is C19H21BrN2O3S. The van der Waals surface area contributed by atoms with Crippen molar-refractivity contribution >= 4 is 44.7 Å².